The number of aromatic hydroxyl groups is 1. The number of phenolic OH excluding ortho intramolecular Hbond substituents is 1. The Bertz CT molecular complexity index is 737. The predicted molar refractivity (Wildman–Crippen MR) is 91.1 cm³/mol. The van der Waals surface area contributed by atoms with Crippen LogP contribution in [-0.4, -0.2) is 16.0 Å². The average molecular weight is 386 g/mol. The highest BCUT2D eigenvalue weighted by Crippen LogP contribution is 2.26. The molecule has 0 heterocycles. The van der Waals surface area contributed by atoms with Crippen molar-refractivity contribution in [3.05, 3.63) is 57.0 Å². The van der Waals surface area contributed by atoms with Crippen molar-refractivity contribution in [1.82, 2.24) is 0 Å². The summed E-state index contributed by atoms with van der Waals surface area (Å²) in [7, 11) is 0. The van der Waals surface area contributed by atoms with E-state index in [1.807, 2.05) is 0 Å². The fourth-order valence-electron chi connectivity index (χ4n) is 1.61. The van der Waals surface area contributed by atoms with Crippen molar-refractivity contribution in [3.8, 4) is 5.75 Å². The largest absolute Gasteiger partial charge is 0.506 e. The maximum absolute atomic E-state index is 12.1. The zero-order chi connectivity index (χ0) is 15.6. The van der Waals surface area contributed by atoms with Crippen LogP contribution in [0.2, 0.25) is 5.02 Å². The Hall–Kier alpha value is -1.63. The third-order valence-electron chi connectivity index (χ3n) is 2.71. The van der Waals surface area contributed by atoms with Gasteiger partial charge in [0.05, 0.1) is 10.7 Å². The van der Waals surface area contributed by atoms with E-state index in [-0.39, 0.29) is 21.7 Å². The maximum atomic E-state index is 12.1. The number of carbonyl (C=O) groups is 1. The molecule has 2 rings (SSSR count). The van der Waals surface area contributed by atoms with E-state index in [4.69, 9.17) is 29.6 Å². The smallest absolute Gasteiger partial charge is 0.255 e. The number of halogens is 2. The number of anilines is 1. The minimum Gasteiger partial charge on any atom is -0.506 e. The molecule has 0 aromatic heterocycles. The lowest BCUT2D eigenvalue weighted by Gasteiger charge is -2.09. The molecule has 0 radical (unpaired) electrons. The number of hydrogen-bond donors (Lipinski definition) is 3. The van der Waals surface area contributed by atoms with Gasteiger partial charge in [0.15, 0.2) is 0 Å². The molecule has 4 N–H and O–H groups in total. The topological polar surface area (TPSA) is 75.3 Å². The van der Waals surface area contributed by atoms with Gasteiger partial charge in [0.2, 0.25) is 0 Å². The average Bonchev–Trinajstić information content (AvgIpc) is 2.43. The highest BCUT2D eigenvalue weighted by atomic mass is 79.9. The zero-order valence-corrected chi connectivity index (χ0v) is 13.7. The number of phenols is 1. The lowest BCUT2D eigenvalue weighted by Crippen LogP contribution is -2.13. The van der Waals surface area contributed by atoms with Gasteiger partial charge in [0.1, 0.15) is 10.7 Å². The van der Waals surface area contributed by atoms with Crippen LogP contribution in [0, 0.1) is 0 Å². The Morgan fingerprint density at radius 2 is 1.90 bits per heavy atom. The van der Waals surface area contributed by atoms with Gasteiger partial charge in [-0.25, -0.2) is 0 Å². The predicted octanol–water partition coefficient (Wildman–Crippen LogP) is 3.69. The highest BCUT2D eigenvalue weighted by molar-refractivity contribution is 9.10. The molecule has 7 heteroatoms. The molecule has 0 unspecified atom stereocenters. The number of nitrogens with one attached hydrogen (secondary N) is 1. The summed E-state index contributed by atoms with van der Waals surface area (Å²) in [6, 6.07) is 9.37. The van der Waals surface area contributed by atoms with E-state index >= 15 is 0 Å². The fraction of sp³-hybridized carbons (Fsp3) is 0. The summed E-state index contributed by atoms with van der Waals surface area (Å²) >= 11 is 14.0. The summed E-state index contributed by atoms with van der Waals surface area (Å²) in [5.74, 6) is -0.420. The minimum atomic E-state index is -0.347. The molecule has 2 aromatic carbocycles. The van der Waals surface area contributed by atoms with Gasteiger partial charge in [0, 0.05) is 15.6 Å². The molecule has 0 saturated carbocycles. The van der Waals surface area contributed by atoms with Crippen LogP contribution in [0.1, 0.15) is 15.9 Å². The van der Waals surface area contributed by atoms with Gasteiger partial charge < -0.3 is 16.2 Å². The first-order chi connectivity index (χ1) is 9.88. The third-order valence-corrected chi connectivity index (χ3v) is 3.91. The monoisotopic (exact) mass is 384 g/mol. The SMILES string of the molecule is NC(=S)c1ccc(NC(=O)c2ccc(O)c(Cl)c2)c(Br)c1. The number of benzene rings is 2. The van der Waals surface area contributed by atoms with Gasteiger partial charge in [-0.05, 0) is 52.3 Å². The lowest BCUT2D eigenvalue weighted by atomic mass is 10.1. The van der Waals surface area contributed by atoms with Crippen LogP contribution in [0.5, 0.6) is 5.75 Å². The summed E-state index contributed by atoms with van der Waals surface area (Å²) < 4.78 is 0.658. The molecule has 0 aliphatic heterocycles. The van der Waals surface area contributed by atoms with Gasteiger partial charge in [-0.2, -0.15) is 0 Å². The molecule has 0 bridgehead atoms. The molecule has 1 amide bonds. The second-order valence-corrected chi connectivity index (χ2v) is 5.88. The highest BCUT2D eigenvalue weighted by Gasteiger charge is 2.11. The number of carbonyl (C=O) groups excluding carboxylic acids is 1. The van der Waals surface area contributed by atoms with E-state index in [1.165, 1.54) is 18.2 Å². The van der Waals surface area contributed by atoms with E-state index in [9.17, 15) is 9.90 Å². The van der Waals surface area contributed by atoms with Crippen molar-refractivity contribution in [2.24, 2.45) is 5.73 Å². The number of nitrogens with two attached hydrogens (primary N) is 1. The summed E-state index contributed by atoms with van der Waals surface area (Å²) in [6.07, 6.45) is 0. The van der Waals surface area contributed by atoms with Gasteiger partial charge in [0.25, 0.3) is 5.91 Å². The van der Waals surface area contributed by atoms with Gasteiger partial charge >= 0.3 is 0 Å². The normalized spacial score (nSPS) is 10.2. The van der Waals surface area contributed by atoms with Crippen LogP contribution in [0.15, 0.2) is 40.9 Å². The number of hydrogen-bond acceptors (Lipinski definition) is 3. The Kier molecular flexibility index (Phi) is 4.82. The maximum Gasteiger partial charge on any atom is 0.255 e. The Morgan fingerprint density at radius 3 is 2.48 bits per heavy atom. The number of rotatable bonds is 3. The molecule has 0 aliphatic carbocycles. The Morgan fingerprint density at radius 1 is 1.24 bits per heavy atom. The van der Waals surface area contributed by atoms with E-state index < -0.39 is 0 Å². The molecule has 0 saturated heterocycles. The summed E-state index contributed by atoms with van der Waals surface area (Å²) in [5.41, 5.74) is 7.15. The van der Waals surface area contributed by atoms with Crippen LogP contribution in [-0.2, 0) is 0 Å². The molecular formula is C14H10BrClN2O2S. The molecule has 108 valence electrons. The van der Waals surface area contributed by atoms with Crippen molar-refractivity contribution in [2.45, 2.75) is 0 Å². The van der Waals surface area contributed by atoms with Gasteiger partial charge in [-0.15, -0.1) is 0 Å². The van der Waals surface area contributed by atoms with Crippen molar-refractivity contribution in [1.29, 1.82) is 0 Å². The molecule has 21 heavy (non-hydrogen) atoms. The number of thiocarbonyl (C=S) groups is 1. The Labute approximate surface area is 140 Å². The lowest BCUT2D eigenvalue weighted by molar-refractivity contribution is 0.102. The minimum absolute atomic E-state index is 0.0739. The molecule has 0 spiro atoms. The van der Waals surface area contributed by atoms with Gasteiger partial charge in [-0.3, -0.25) is 4.79 Å². The summed E-state index contributed by atoms with van der Waals surface area (Å²) in [5, 5.41) is 12.2. The van der Waals surface area contributed by atoms with E-state index in [0.29, 0.717) is 21.3 Å². The van der Waals surface area contributed by atoms with Gasteiger partial charge in [-0.1, -0.05) is 23.8 Å². The quantitative estimate of drug-likeness (QED) is 0.704. The first kappa shape index (κ1) is 15.8. The second kappa shape index (κ2) is 6.43. The second-order valence-electron chi connectivity index (χ2n) is 4.18. The Balaban J connectivity index is 2.23. The molecule has 4 nitrogen and oxygen atoms in total. The molecule has 0 fully saturated rings. The number of amides is 1. The fourth-order valence-corrected chi connectivity index (χ4v) is 2.40. The van der Waals surface area contributed by atoms with E-state index in [2.05, 4.69) is 21.2 Å². The first-order valence-electron chi connectivity index (χ1n) is 5.77. The van der Waals surface area contributed by atoms with Crippen LogP contribution < -0.4 is 11.1 Å². The van der Waals surface area contributed by atoms with Crippen molar-refractivity contribution in [2.75, 3.05) is 5.32 Å². The van der Waals surface area contributed by atoms with Crippen LogP contribution in [0.4, 0.5) is 5.69 Å². The van der Waals surface area contributed by atoms with E-state index in [0.717, 1.165) is 0 Å². The standard InChI is InChI=1S/C14H10BrClN2O2S/c15-9-5-7(13(17)21)1-3-11(9)18-14(20)8-2-4-12(19)10(16)6-8/h1-6,19H,(H2,17,21)(H,18,20). The molecule has 0 aliphatic rings. The van der Waals surface area contributed by atoms with Crippen LogP contribution >= 0.6 is 39.7 Å². The third kappa shape index (κ3) is 3.72. The van der Waals surface area contributed by atoms with Crippen molar-refractivity contribution >= 4 is 56.3 Å². The van der Waals surface area contributed by atoms with Crippen LogP contribution in [0.3, 0.4) is 0 Å². The first-order valence-corrected chi connectivity index (χ1v) is 7.35. The zero-order valence-electron chi connectivity index (χ0n) is 10.6. The summed E-state index contributed by atoms with van der Waals surface area (Å²) in [6.45, 7) is 0. The van der Waals surface area contributed by atoms with Crippen molar-refractivity contribution in [3.63, 3.8) is 0 Å². The van der Waals surface area contributed by atoms with Crippen LogP contribution in [0.25, 0.3) is 0 Å². The molecular weight excluding hydrogens is 376 g/mol. The summed E-state index contributed by atoms with van der Waals surface area (Å²) in [4.78, 5) is 12.4. The molecule has 0 atom stereocenters. The molecule has 2 aromatic rings. The van der Waals surface area contributed by atoms with Crippen molar-refractivity contribution < 1.29 is 9.90 Å². The van der Waals surface area contributed by atoms with E-state index in [1.54, 1.807) is 18.2 Å².